The van der Waals surface area contributed by atoms with E-state index in [0.717, 1.165) is 20.4 Å². The number of anilines is 1. The van der Waals surface area contributed by atoms with Gasteiger partial charge in [-0.15, -0.1) is 35.1 Å². The van der Waals surface area contributed by atoms with Crippen LogP contribution >= 0.6 is 35.1 Å². The average molecular weight is 517 g/mol. The molecule has 34 heavy (non-hydrogen) atoms. The molecule has 0 aliphatic rings. The first-order valence-electron chi connectivity index (χ1n) is 10.6. The third-order valence-electron chi connectivity index (χ3n) is 5.69. The van der Waals surface area contributed by atoms with Crippen LogP contribution in [0, 0.1) is 12.8 Å². The lowest BCUT2D eigenvalue weighted by molar-refractivity contribution is 0.498. The highest BCUT2D eigenvalue weighted by molar-refractivity contribution is 7.17. The molecule has 11 heteroatoms. The number of aryl methyl sites for hydroxylation is 1. The molecule has 0 atom stereocenters. The molecule has 8 nitrogen and oxygen atoms in total. The molecule has 4 aromatic heterocycles. The predicted octanol–water partition coefficient (Wildman–Crippen LogP) is 4.25. The van der Waals surface area contributed by atoms with Crippen LogP contribution in [0.1, 0.15) is 24.3 Å². The van der Waals surface area contributed by atoms with Gasteiger partial charge in [-0.1, -0.05) is 32.0 Å². The van der Waals surface area contributed by atoms with E-state index in [9.17, 15) is 9.59 Å². The molecule has 0 aliphatic carbocycles. The summed E-state index contributed by atoms with van der Waals surface area (Å²) in [5.41, 5.74) is 7.99. The standard InChI is InChI=1S/C23H24N6O2S2.ClH/c1-12(2)9-28-20-17(21(30)27(4)23(28)31)19(18-13(3)33-22(24)25-18)29(26-20)10-14-11-32-16-8-6-5-7-15(14)16;/h5-8,11-12H,9-10H2,1-4H3,(H2,24,25);1H. The summed E-state index contributed by atoms with van der Waals surface area (Å²) in [4.78, 5) is 31.8. The lowest BCUT2D eigenvalue weighted by Crippen LogP contribution is -2.38. The topological polar surface area (TPSA) is 101 Å². The third kappa shape index (κ3) is 3.85. The lowest BCUT2D eigenvalue weighted by Gasteiger charge is -2.10. The van der Waals surface area contributed by atoms with Crippen molar-refractivity contribution in [2.24, 2.45) is 13.0 Å². The Hall–Kier alpha value is -2.95. The summed E-state index contributed by atoms with van der Waals surface area (Å²) in [5.74, 6) is 0.203. The molecule has 0 aliphatic heterocycles. The highest BCUT2D eigenvalue weighted by Crippen LogP contribution is 2.34. The number of nitrogen functional groups attached to an aromatic ring is 1. The fourth-order valence-electron chi connectivity index (χ4n) is 4.20. The van der Waals surface area contributed by atoms with Crippen molar-refractivity contribution in [2.45, 2.75) is 33.9 Å². The number of hydrogen-bond donors (Lipinski definition) is 1. The first kappa shape index (κ1) is 24.2. The number of nitrogens with two attached hydrogens (primary N) is 1. The first-order valence-corrected chi connectivity index (χ1v) is 12.3. The molecule has 5 aromatic rings. The molecule has 0 saturated carbocycles. The van der Waals surface area contributed by atoms with Gasteiger partial charge in [-0.3, -0.25) is 18.6 Å². The van der Waals surface area contributed by atoms with Crippen LogP contribution < -0.4 is 17.0 Å². The largest absolute Gasteiger partial charge is 0.375 e. The van der Waals surface area contributed by atoms with Gasteiger partial charge in [0, 0.05) is 23.2 Å². The van der Waals surface area contributed by atoms with E-state index < -0.39 is 0 Å². The molecule has 178 valence electrons. The normalized spacial score (nSPS) is 11.6. The fourth-order valence-corrected chi connectivity index (χ4v) is 5.84. The smallest absolute Gasteiger partial charge is 0.332 e. The molecule has 0 fully saturated rings. The minimum absolute atomic E-state index is 0. The second-order valence-electron chi connectivity index (χ2n) is 8.57. The molecule has 0 unspecified atom stereocenters. The Morgan fingerprint density at radius 2 is 1.91 bits per heavy atom. The van der Waals surface area contributed by atoms with E-state index in [1.807, 2.05) is 32.9 Å². The van der Waals surface area contributed by atoms with E-state index in [2.05, 4.69) is 22.5 Å². The van der Waals surface area contributed by atoms with E-state index in [1.54, 1.807) is 20.6 Å². The van der Waals surface area contributed by atoms with Crippen molar-refractivity contribution in [3.8, 4) is 11.4 Å². The van der Waals surface area contributed by atoms with Gasteiger partial charge < -0.3 is 5.73 Å². The molecule has 0 bridgehead atoms. The molecule has 0 amide bonds. The number of thiophene rings is 1. The summed E-state index contributed by atoms with van der Waals surface area (Å²) in [5, 5.41) is 8.91. The van der Waals surface area contributed by atoms with Crippen LogP contribution in [0.3, 0.4) is 0 Å². The highest BCUT2D eigenvalue weighted by atomic mass is 35.5. The van der Waals surface area contributed by atoms with Crippen LogP contribution in [0.4, 0.5) is 5.13 Å². The van der Waals surface area contributed by atoms with Crippen LogP contribution in [0.25, 0.3) is 32.5 Å². The van der Waals surface area contributed by atoms with Gasteiger partial charge in [0.1, 0.15) is 16.8 Å². The van der Waals surface area contributed by atoms with Crippen LogP contribution in [-0.4, -0.2) is 23.9 Å². The summed E-state index contributed by atoms with van der Waals surface area (Å²) in [6, 6.07) is 8.21. The van der Waals surface area contributed by atoms with Gasteiger partial charge in [0.2, 0.25) is 0 Å². The number of thiazole rings is 1. The summed E-state index contributed by atoms with van der Waals surface area (Å²) >= 11 is 3.05. The summed E-state index contributed by atoms with van der Waals surface area (Å²) in [6.45, 7) is 6.90. The Morgan fingerprint density at radius 3 is 2.59 bits per heavy atom. The predicted molar refractivity (Wildman–Crippen MR) is 143 cm³/mol. The first-order chi connectivity index (χ1) is 15.8. The Labute approximate surface area is 209 Å². The van der Waals surface area contributed by atoms with Gasteiger partial charge in [0.25, 0.3) is 5.56 Å². The molecule has 0 saturated heterocycles. The zero-order valence-corrected chi connectivity index (χ0v) is 21.7. The lowest BCUT2D eigenvalue weighted by atomic mass is 10.1. The highest BCUT2D eigenvalue weighted by Gasteiger charge is 2.26. The molecule has 5 rings (SSSR count). The maximum absolute atomic E-state index is 13.4. The van der Waals surface area contributed by atoms with E-state index in [1.165, 1.54) is 23.1 Å². The minimum Gasteiger partial charge on any atom is -0.375 e. The van der Waals surface area contributed by atoms with E-state index in [0.29, 0.717) is 40.6 Å². The van der Waals surface area contributed by atoms with Gasteiger partial charge >= 0.3 is 5.69 Å². The van der Waals surface area contributed by atoms with Crippen molar-refractivity contribution in [2.75, 3.05) is 5.73 Å². The Bertz CT molecular complexity index is 1640. The maximum Gasteiger partial charge on any atom is 0.332 e. The minimum atomic E-state index is -0.377. The summed E-state index contributed by atoms with van der Waals surface area (Å²) < 4.78 is 5.74. The Balaban J connectivity index is 0.00000274. The van der Waals surface area contributed by atoms with Gasteiger partial charge in [-0.05, 0) is 35.2 Å². The molecule has 0 radical (unpaired) electrons. The SMILES string of the molecule is Cc1sc(N)nc1-c1c2c(=O)n(C)c(=O)n(CC(C)C)c2nn1Cc1csc2ccccc12.Cl. The van der Waals surface area contributed by atoms with Gasteiger partial charge in [0.05, 0.1) is 6.54 Å². The zero-order valence-electron chi connectivity index (χ0n) is 19.2. The molecule has 2 N–H and O–H groups in total. The van der Waals surface area contributed by atoms with Crippen molar-refractivity contribution in [3.05, 3.63) is 60.9 Å². The molecule has 4 heterocycles. The number of halogens is 1. The molecule has 1 aromatic carbocycles. The fraction of sp³-hybridized carbons (Fsp3) is 0.304. The number of fused-ring (bicyclic) bond motifs is 2. The van der Waals surface area contributed by atoms with E-state index in [-0.39, 0.29) is 29.6 Å². The number of hydrogen-bond acceptors (Lipinski definition) is 7. The second kappa shape index (κ2) is 9.01. The Kier molecular flexibility index (Phi) is 6.41. The van der Waals surface area contributed by atoms with Crippen LogP contribution in [0.2, 0.25) is 0 Å². The third-order valence-corrected chi connectivity index (χ3v) is 7.50. The molecule has 0 spiro atoms. The van der Waals surface area contributed by atoms with E-state index >= 15 is 0 Å². The summed E-state index contributed by atoms with van der Waals surface area (Å²) in [7, 11) is 1.51. The van der Waals surface area contributed by atoms with E-state index in [4.69, 9.17) is 10.8 Å². The second-order valence-corrected chi connectivity index (χ2v) is 10.7. The van der Waals surface area contributed by atoms with Gasteiger partial charge in [0.15, 0.2) is 10.8 Å². The molecular weight excluding hydrogens is 492 g/mol. The van der Waals surface area contributed by atoms with Crippen molar-refractivity contribution < 1.29 is 0 Å². The Morgan fingerprint density at radius 1 is 1.18 bits per heavy atom. The zero-order chi connectivity index (χ0) is 23.4. The number of aromatic nitrogens is 5. The van der Waals surface area contributed by atoms with Gasteiger partial charge in [-0.2, -0.15) is 5.10 Å². The van der Waals surface area contributed by atoms with Crippen molar-refractivity contribution in [3.63, 3.8) is 0 Å². The number of benzene rings is 1. The van der Waals surface area contributed by atoms with Crippen LogP contribution in [-0.2, 0) is 20.1 Å². The molecular formula is C23H25ClN6O2S2. The van der Waals surface area contributed by atoms with Crippen LogP contribution in [0.15, 0.2) is 39.2 Å². The van der Waals surface area contributed by atoms with Crippen molar-refractivity contribution >= 4 is 61.3 Å². The number of rotatable bonds is 5. The van der Waals surface area contributed by atoms with Crippen molar-refractivity contribution in [1.29, 1.82) is 0 Å². The van der Waals surface area contributed by atoms with Crippen LogP contribution in [0.5, 0.6) is 0 Å². The summed E-state index contributed by atoms with van der Waals surface area (Å²) in [6.07, 6.45) is 0. The quantitative estimate of drug-likeness (QED) is 0.376. The number of nitrogens with zero attached hydrogens (tertiary/aromatic N) is 5. The average Bonchev–Trinajstić information content (AvgIpc) is 3.45. The maximum atomic E-state index is 13.4. The van der Waals surface area contributed by atoms with Gasteiger partial charge in [-0.25, -0.2) is 9.78 Å². The monoisotopic (exact) mass is 516 g/mol. The van der Waals surface area contributed by atoms with Crippen molar-refractivity contribution in [1.82, 2.24) is 23.9 Å².